The maximum atomic E-state index is 3.38. The molecule has 0 aliphatic rings. The average molecular weight is 250 g/mol. The fourth-order valence-corrected chi connectivity index (χ4v) is 1.75. The Hall–Kier alpha value is -1.02. The Morgan fingerprint density at radius 2 is 2.29 bits per heavy atom. The number of hydrogen-bond acceptors (Lipinski definition) is 0. The van der Waals surface area contributed by atoms with Crippen LogP contribution in [0.15, 0.2) is 30.5 Å². The van der Waals surface area contributed by atoms with Gasteiger partial charge in [0.1, 0.15) is 0 Å². The van der Waals surface area contributed by atoms with Crippen LogP contribution in [0.5, 0.6) is 0 Å². The number of benzene rings is 1. The maximum absolute atomic E-state index is 3.38. The van der Waals surface area contributed by atoms with E-state index in [0.717, 1.165) is 5.33 Å². The van der Waals surface area contributed by atoms with E-state index in [1.54, 1.807) is 0 Å². The van der Waals surface area contributed by atoms with Gasteiger partial charge in [-0.25, -0.2) is 0 Å². The summed E-state index contributed by atoms with van der Waals surface area (Å²) in [7, 11) is 0. The quantitative estimate of drug-likeness (QED) is 0.778. The molecule has 2 aromatic rings. The van der Waals surface area contributed by atoms with Gasteiger partial charge in [-0.15, -0.1) is 0 Å². The second-order valence-corrected chi connectivity index (χ2v) is 4.00. The topological polar surface area (TPSA) is 15.8 Å². The van der Waals surface area contributed by atoms with E-state index < -0.39 is 0 Å². The fraction of sp³-hybridized carbons (Fsp3) is 0.167. The molecule has 0 saturated heterocycles. The van der Waals surface area contributed by atoms with Crippen LogP contribution in [-0.2, 0) is 0 Å². The predicted molar refractivity (Wildman–Crippen MR) is 65.9 cm³/mol. The van der Waals surface area contributed by atoms with Crippen LogP contribution in [0.3, 0.4) is 0 Å². The first-order valence-corrected chi connectivity index (χ1v) is 5.73. The van der Waals surface area contributed by atoms with Crippen LogP contribution in [-0.4, -0.2) is 10.3 Å². The summed E-state index contributed by atoms with van der Waals surface area (Å²) in [5, 5.41) is 2.19. The first-order chi connectivity index (χ1) is 6.81. The highest BCUT2D eigenvalue weighted by Gasteiger charge is 1.99. The molecule has 14 heavy (non-hydrogen) atoms. The molecule has 0 atom stereocenters. The number of H-pyrrole nitrogens is 1. The van der Waals surface area contributed by atoms with Crippen molar-refractivity contribution in [2.75, 3.05) is 5.33 Å². The number of fused-ring (bicyclic) bond motifs is 1. The highest BCUT2D eigenvalue weighted by atomic mass is 79.9. The van der Waals surface area contributed by atoms with Crippen LogP contribution in [0.4, 0.5) is 0 Å². The van der Waals surface area contributed by atoms with E-state index >= 15 is 0 Å². The zero-order valence-electron chi connectivity index (χ0n) is 8.05. The van der Waals surface area contributed by atoms with Crippen molar-refractivity contribution in [1.29, 1.82) is 0 Å². The molecule has 1 N–H and O–H groups in total. The minimum Gasteiger partial charge on any atom is -0.361 e. The van der Waals surface area contributed by atoms with Crippen LogP contribution >= 0.6 is 15.9 Å². The standard InChI is InChI=1S/C12H12BrN/c1-9-4-5-12-11(7-9)10(8-14-12)3-2-6-13/h2-5,7-8,14H,6H2,1H3. The molecule has 1 nitrogen and oxygen atoms in total. The molecular formula is C12H12BrN. The highest BCUT2D eigenvalue weighted by Crippen LogP contribution is 2.20. The number of aryl methyl sites for hydroxylation is 1. The lowest BCUT2D eigenvalue weighted by atomic mass is 10.1. The van der Waals surface area contributed by atoms with Gasteiger partial charge in [0.15, 0.2) is 0 Å². The van der Waals surface area contributed by atoms with Gasteiger partial charge < -0.3 is 4.98 Å². The third-order valence-corrected chi connectivity index (χ3v) is 2.63. The van der Waals surface area contributed by atoms with Gasteiger partial charge in [-0.1, -0.05) is 39.7 Å². The van der Waals surface area contributed by atoms with Crippen molar-refractivity contribution in [3.63, 3.8) is 0 Å². The molecule has 0 aliphatic carbocycles. The molecule has 0 saturated carbocycles. The van der Waals surface area contributed by atoms with Crippen LogP contribution < -0.4 is 0 Å². The van der Waals surface area contributed by atoms with Gasteiger partial charge in [0.2, 0.25) is 0 Å². The molecule has 2 rings (SSSR count). The monoisotopic (exact) mass is 249 g/mol. The number of halogens is 1. The van der Waals surface area contributed by atoms with Crippen molar-refractivity contribution in [2.24, 2.45) is 0 Å². The van der Waals surface area contributed by atoms with Crippen molar-refractivity contribution in [3.05, 3.63) is 41.6 Å². The van der Waals surface area contributed by atoms with E-state index in [4.69, 9.17) is 0 Å². The summed E-state index contributed by atoms with van der Waals surface area (Å²) in [5.74, 6) is 0. The lowest BCUT2D eigenvalue weighted by Crippen LogP contribution is -1.73. The lowest BCUT2D eigenvalue weighted by Gasteiger charge is -1.94. The van der Waals surface area contributed by atoms with Gasteiger partial charge in [-0.05, 0) is 24.6 Å². The van der Waals surface area contributed by atoms with Crippen LogP contribution in [0.25, 0.3) is 17.0 Å². The van der Waals surface area contributed by atoms with Gasteiger partial charge in [-0.3, -0.25) is 0 Å². The summed E-state index contributed by atoms with van der Waals surface area (Å²) in [6, 6.07) is 6.45. The van der Waals surface area contributed by atoms with Crippen molar-refractivity contribution < 1.29 is 0 Å². The Morgan fingerprint density at radius 3 is 3.07 bits per heavy atom. The smallest absolute Gasteiger partial charge is 0.0460 e. The van der Waals surface area contributed by atoms with Gasteiger partial charge in [0.05, 0.1) is 0 Å². The Bertz CT molecular complexity index is 468. The molecule has 0 bridgehead atoms. The van der Waals surface area contributed by atoms with E-state index in [-0.39, 0.29) is 0 Å². The van der Waals surface area contributed by atoms with E-state index in [9.17, 15) is 0 Å². The molecule has 1 aromatic carbocycles. The van der Waals surface area contributed by atoms with Crippen molar-refractivity contribution in [3.8, 4) is 0 Å². The molecule has 1 heterocycles. The molecule has 0 amide bonds. The number of hydrogen-bond donors (Lipinski definition) is 1. The molecule has 0 radical (unpaired) electrons. The van der Waals surface area contributed by atoms with Crippen molar-refractivity contribution >= 4 is 32.9 Å². The molecule has 0 aliphatic heterocycles. The van der Waals surface area contributed by atoms with Crippen molar-refractivity contribution in [2.45, 2.75) is 6.92 Å². The normalized spacial score (nSPS) is 11.6. The minimum absolute atomic E-state index is 0.894. The third kappa shape index (κ3) is 1.75. The van der Waals surface area contributed by atoms with Crippen LogP contribution in [0.1, 0.15) is 11.1 Å². The second-order valence-electron chi connectivity index (χ2n) is 3.35. The molecule has 2 heteroatoms. The van der Waals surface area contributed by atoms with Crippen molar-refractivity contribution in [1.82, 2.24) is 4.98 Å². The lowest BCUT2D eigenvalue weighted by molar-refractivity contribution is 1.45. The van der Waals surface area contributed by atoms with Gasteiger partial charge in [-0.2, -0.15) is 0 Å². The average Bonchev–Trinajstić information content (AvgIpc) is 2.57. The van der Waals surface area contributed by atoms with E-state index in [2.05, 4.69) is 58.2 Å². The molecule has 72 valence electrons. The summed E-state index contributed by atoms with van der Waals surface area (Å²) in [5.41, 5.74) is 3.75. The number of aromatic nitrogens is 1. The largest absolute Gasteiger partial charge is 0.361 e. The molecule has 1 aromatic heterocycles. The summed E-state index contributed by atoms with van der Waals surface area (Å²) in [6.45, 7) is 2.12. The summed E-state index contributed by atoms with van der Waals surface area (Å²) >= 11 is 3.38. The number of rotatable bonds is 2. The SMILES string of the molecule is Cc1ccc2[nH]cc(C=CCBr)c2c1. The summed E-state index contributed by atoms with van der Waals surface area (Å²) in [4.78, 5) is 3.26. The first-order valence-electron chi connectivity index (χ1n) is 4.61. The fourth-order valence-electron chi connectivity index (χ4n) is 1.57. The zero-order valence-corrected chi connectivity index (χ0v) is 9.64. The van der Waals surface area contributed by atoms with Gasteiger partial charge >= 0.3 is 0 Å². The Kier molecular flexibility index (Phi) is 2.73. The number of alkyl halides is 1. The van der Waals surface area contributed by atoms with E-state index in [1.165, 1.54) is 22.0 Å². The molecular weight excluding hydrogens is 238 g/mol. The second kappa shape index (κ2) is 4.01. The molecule has 0 fully saturated rings. The number of aromatic amines is 1. The Balaban J connectivity index is 2.55. The van der Waals surface area contributed by atoms with Crippen LogP contribution in [0, 0.1) is 6.92 Å². The van der Waals surface area contributed by atoms with E-state index in [0.29, 0.717) is 0 Å². The molecule has 0 unspecified atom stereocenters. The van der Waals surface area contributed by atoms with Crippen LogP contribution in [0.2, 0.25) is 0 Å². The van der Waals surface area contributed by atoms with Gasteiger partial charge in [0, 0.05) is 22.4 Å². The predicted octanol–water partition coefficient (Wildman–Crippen LogP) is 3.88. The Morgan fingerprint density at radius 1 is 1.43 bits per heavy atom. The maximum Gasteiger partial charge on any atom is 0.0460 e. The van der Waals surface area contributed by atoms with E-state index in [1.807, 2.05) is 6.20 Å². The molecule has 0 spiro atoms. The highest BCUT2D eigenvalue weighted by molar-refractivity contribution is 9.09. The third-order valence-electron chi connectivity index (χ3n) is 2.26. The summed E-state index contributed by atoms with van der Waals surface area (Å²) < 4.78 is 0. The number of allylic oxidation sites excluding steroid dienone is 1. The van der Waals surface area contributed by atoms with Gasteiger partial charge in [0.25, 0.3) is 0 Å². The number of nitrogens with one attached hydrogen (secondary N) is 1. The zero-order chi connectivity index (χ0) is 9.97. The first kappa shape index (κ1) is 9.53. The minimum atomic E-state index is 0.894. The summed E-state index contributed by atoms with van der Waals surface area (Å²) in [6.07, 6.45) is 6.28. The Labute approximate surface area is 92.0 Å².